The first-order valence-corrected chi connectivity index (χ1v) is 8.17. The van der Waals surface area contributed by atoms with Gasteiger partial charge in [-0.1, -0.05) is 24.3 Å². The average Bonchev–Trinajstić information content (AvgIpc) is 2.54. The number of nitrogens with two attached hydrogens (primary N) is 1. The highest BCUT2D eigenvalue weighted by molar-refractivity contribution is 7.91. The molecule has 0 aliphatic heterocycles. The van der Waals surface area contributed by atoms with Gasteiger partial charge in [0.2, 0.25) is 15.7 Å². The number of nitrogens with one attached hydrogen (secondary N) is 1. The summed E-state index contributed by atoms with van der Waals surface area (Å²) in [7, 11) is -3.53. The molecule has 0 aliphatic rings. The summed E-state index contributed by atoms with van der Waals surface area (Å²) in [6.07, 6.45) is 0. The third-order valence-electron chi connectivity index (χ3n) is 2.79. The topological polar surface area (TPSA) is 98.5 Å². The van der Waals surface area contributed by atoms with Gasteiger partial charge in [-0.15, -0.1) is 0 Å². The van der Waals surface area contributed by atoms with Gasteiger partial charge in [-0.05, 0) is 24.3 Å². The van der Waals surface area contributed by atoms with Crippen molar-refractivity contribution in [2.75, 3.05) is 17.8 Å². The van der Waals surface area contributed by atoms with E-state index in [0.29, 0.717) is 11.4 Å². The number of carbonyl (C=O) groups is 1. The zero-order valence-electron chi connectivity index (χ0n) is 11.7. The van der Waals surface area contributed by atoms with Crippen molar-refractivity contribution < 1.29 is 17.9 Å². The Morgan fingerprint density at radius 3 is 2.50 bits per heavy atom. The molecule has 6 nitrogen and oxygen atoms in total. The Balaban J connectivity index is 2.06. The predicted molar refractivity (Wildman–Crippen MR) is 83.2 cm³/mol. The van der Waals surface area contributed by atoms with Gasteiger partial charge in [-0.3, -0.25) is 4.79 Å². The number of benzene rings is 2. The van der Waals surface area contributed by atoms with Gasteiger partial charge in [0.05, 0.1) is 11.4 Å². The average molecular weight is 320 g/mol. The largest absolute Gasteiger partial charge is 0.477 e. The molecule has 22 heavy (non-hydrogen) atoms. The molecule has 0 bridgehead atoms. The quantitative estimate of drug-likeness (QED) is 0.838. The van der Waals surface area contributed by atoms with Crippen molar-refractivity contribution in [2.24, 2.45) is 5.73 Å². The van der Waals surface area contributed by atoms with E-state index in [2.05, 4.69) is 5.32 Å². The van der Waals surface area contributed by atoms with Crippen molar-refractivity contribution in [3.63, 3.8) is 0 Å². The Labute approximate surface area is 128 Å². The fourth-order valence-electron chi connectivity index (χ4n) is 1.72. The first kappa shape index (κ1) is 16.0. The minimum absolute atomic E-state index is 0.131. The van der Waals surface area contributed by atoms with Crippen LogP contribution in [0.5, 0.6) is 5.75 Å². The molecule has 3 N–H and O–H groups in total. The van der Waals surface area contributed by atoms with E-state index in [-0.39, 0.29) is 17.3 Å². The lowest BCUT2D eigenvalue weighted by atomic mass is 10.3. The van der Waals surface area contributed by atoms with E-state index in [1.54, 1.807) is 36.4 Å². The van der Waals surface area contributed by atoms with E-state index in [1.165, 1.54) is 18.2 Å². The third kappa shape index (κ3) is 4.31. The Bertz CT molecular complexity index is 745. The van der Waals surface area contributed by atoms with Crippen LogP contribution in [0.1, 0.15) is 0 Å². The van der Waals surface area contributed by atoms with Gasteiger partial charge in [0.15, 0.2) is 5.94 Å². The Hall–Kier alpha value is -2.38. The molecule has 0 aromatic heterocycles. The van der Waals surface area contributed by atoms with E-state index in [0.717, 1.165) is 0 Å². The van der Waals surface area contributed by atoms with Crippen LogP contribution in [0.15, 0.2) is 59.5 Å². The fourth-order valence-corrected chi connectivity index (χ4v) is 2.72. The lowest BCUT2D eigenvalue weighted by Crippen LogP contribution is -2.21. The lowest BCUT2D eigenvalue weighted by Gasteiger charge is -2.09. The summed E-state index contributed by atoms with van der Waals surface area (Å²) in [5.74, 6) is -0.478. The Kier molecular flexibility index (Phi) is 5.13. The zero-order chi connectivity index (χ0) is 16.0. The van der Waals surface area contributed by atoms with Gasteiger partial charge >= 0.3 is 0 Å². The summed E-state index contributed by atoms with van der Waals surface area (Å²) in [4.78, 5) is 11.4. The maximum absolute atomic E-state index is 12.1. The van der Waals surface area contributed by atoms with E-state index in [9.17, 15) is 13.2 Å². The molecule has 0 radical (unpaired) electrons. The molecular formula is C15H16N2O4S. The highest BCUT2D eigenvalue weighted by Gasteiger charge is 2.14. The second kappa shape index (κ2) is 7.06. The van der Waals surface area contributed by atoms with E-state index < -0.39 is 15.8 Å². The molecule has 7 heteroatoms. The molecule has 0 heterocycles. The van der Waals surface area contributed by atoms with E-state index >= 15 is 0 Å². The summed E-state index contributed by atoms with van der Waals surface area (Å²) < 4.78 is 29.5. The molecule has 0 spiro atoms. The SMILES string of the molecule is NCC(=O)Nc1cccc(OCS(=O)(=O)c2ccccc2)c1. The number of ether oxygens (including phenoxy) is 1. The van der Waals surface area contributed by atoms with E-state index in [4.69, 9.17) is 10.5 Å². The molecule has 0 atom stereocenters. The monoisotopic (exact) mass is 320 g/mol. The van der Waals surface area contributed by atoms with Crippen molar-refractivity contribution in [1.29, 1.82) is 0 Å². The molecule has 0 saturated heterocycles. The molecule has 1 amide bonds. The predicted octanol–water partition coefficient (Wildman–Crippen LogP) is 1.39. The van der Waals surface area contributed by atoms with Crippen LogP contribution in [0, 0.1) is 0 Å². The summed E-state index contributed by atoms with van der Waals surface area (Å²) in [5.41, 5.74) is 5.71. The minimum atomic E-state index is -3.53. The second-order valence-electron chi connectivity index (χ2n) is 4.47. The molecule has 116 valence electrons. The normalized spacial score (nSPS) is 11.0. The van der Waals surface area contributed by atoms with Crippen LogP contribution in [-0.2, 0) is 14.6 Å². The zero-order valence-corrected chi connectivity index (χ0v) is 12.5. The molecule has 2 rings (SSSR count). The van der Waals surface area contributed by atoms with Crippen molar-refractivity contribution in [3.05, 3.63) is 54.6 Å². The highest BCUT2D eigenvalue weighted by atomic mass is 32.2. The van der Waals surface area contributed by atoms with Gasteiger partial charge < -0.3 is 15.8 Å². The number of sulfone groups is 1. The second-order valence-corrected chi connectivity index (χ2v) is 6.41. The molecular weight excluding hydrogens is 304 g/mol. The van der Waals surface area contributed by atoms with Crippen molar-refractivity contribution in [2.45, 2.75) is 4.90 Å². The van der Waals surface area contributed by atoms with Crippen LogP contribution < -0.4 is 15.8 Å². The Morgan fingerprint density at radius 2 is 1.82 bits per heavy atom. The van der Waals surface area contributed by atoms with Crippen LogP contribution in [0.2, 0.25) is 0 Å². The van der Waals surface area contributed by atoms with Crippen LogP contribution >= 0.6 is 0 Å². The first-order chi connectivity index (χ1) is 10.5. The standard InChI is InChI=1S/C15H16N2O4S/c16-10-15(18)17-12-5-4-6-13(9-12)21-11-22(19,20)14-7-2-1-3-8-14/h1-9H,10-11,16H2,(H,17,18). The van der Waals surface area contributed by atoms with Gasteiger partial charge in [-0.2, -0.15) is 0 Å². The molecule has 0 saturated carbocycles. The molecule has 0 aliphatic carbocycles. The van der Waals surface area contributed by atoms with Crippen molar-refractivity contribution in [3.8, 4) is 5.75 Å². The van der Waals surface area contributed by atoms with E-state index in [1.807, 2.05) is 0 Å². The molecule has 2 aromatic rings. The molecule has 0 fully saturated rings. The first-order valence-electron chi connectivity index (χ1n) is 6.52. The highest BCUT2D eigenvalue weighted by Crippen LogP contribution is 2.19. The maximum Gasteiger partial charge on any atom is 0.238 e. The van der Waals surface area contributed by atoms with Crippen LogP contribution in [0.4, 0.5) is 5.69 Å². The van der Waals surface area contributed by atoms with Crippen molar-refractivity contribution in [1.82, 2.24) is 0 Å². The third-order valence-corrected chi connectivity index (χ3v) is 4.20. The Morgan fingerprint density at radius 1 is 1.09 bits per heavy atom. The number of anilines is 1. The van der Waals surface area contributed by atoms with Crippen LogP contribution in [0.25, 0.3) is 0 Å². The van der Waals surface area contributed by atoms with Gasteiger partial charge in [0, 0.05) is 11.8 Å². The summed E-state index contributed by atoms with van der Waals surface area (Å²) >= 11 is 0. The van der Waals surface area contributed by atoms with Crippen LogP contribution in [0.3, 0.4) is 0 Å². The number of hydrogen-bond donors (Lipinski definition) is 2. The maximum atomic E-state index is 12.1. The van der Waals surface area contributed by atoms with Crippen molar-refractivity contribution >= 4 is 21.4 Å². The smallest absolute Gasteiger partial charge is 0.238 e. The van der Waals surface area contributed by atoms with Gasteiger partial charge in [-0.25, -0.2) is 8.42 Å². The summed E-state index contributed by atoms with van der Waals surface area (Å²) in [6.45, 7) is -0.131. The van der Waals surface area contributed by atoms with Gasteiger partial charge in [0.1, 0.15) is 5.75 Å². The number of rotatable bonds is 6. The van der Waals surface area contributed by atoms with Crippen LogP contribution in [-0.4, -0.2) is 26.8 Å². The number of hydrogen-bond acceptors (Lipinski definition) is 5. The number of amides is 1. The lowest BCUT2D eigenvalue weighted by molar-refractivity contribution is -0.114. The molecule has 0 unspecified atom stereocenters. The summed E-state index contributed by atoms with van der Waals surface area (Å²) in [6, 6.07) is 14.5. The fraction of sp³-hybridized carbons (Fsp3) is 0.133. The molecule has 2 aromatic carbocycles. The minimum Gasteiger partial charge on any atom is -0.477 e. The number of carbonyl (C=O) groups excluding carboxylic acids is 1. The van der Waals surface area contributed by atoms with Gasteiger partial charge in [0.25, 0.3) is 0 Å². The summed E-state index contributed by atoms with van der Waals surface area (Å²) in [5, 5.41) is 2.57.